The molecule has 4 nitrogen and oxygen atoms in total. The summed E-state index contributed by atoms with van der Waals surface area (Å²) in [5.41, 5.74) is 2.62. The summed E-state index contributed by atoms with van der Waals surface area (Å²) in [5, 5.41) is 0. The van der Waals surface area contributed by atoms with Crippen molar-refractivity contribution in [1.82, 2.24) is 14.5 Å². The molecule has 0 fully saturated rings. The molecule has 2 heterocycles. The Morgan fingerprint density at radius 2 is 2.27 bits per heavy atom. The Morgan fingerprint density at radius 3 is 2.93 bits per heavy atom. The van der Waals surface area contributed by atoms with Crippen LogP contribution >= 0.6 is 0 Å². The summed E-state index contributed by atoms with van der Waals surface area (Å²) in [6, 6.07) is 3.95. The van der Waals surface area contributed by atoms with Crippen LogP contribution < -0.4 is 0 Å². The first-order valence-electron chi connectivity index (χ1n) is 4.66. The van der Waals surface area contributed by atoms with E-state index in [4.69, 9.17) is 0 Å². The lowest BCUT2D eigenvalue weighted by molar-refractivity contribution is 0.111. The van der Waals surface area contributed by atoms with Gasteiger partial charge in [0.15, 0.2) is 6.29 Å². The largest absolute Gasteiger partial charge is 0.324 e. The molecule has 15 heavy (non-hydrogen) atoms. The van der Waals surface area contributed by atoms with Crippen LogP contribution in [0.2, 0.25) is 0 Å². The molecule has 0 aromatic carbocycles. The van der Waals surface area contributed by atoms with Crippen LogP contribution in [-0.2, 0) is 6.54 Å². The molecule has 2 aromatic heterocycles. The van der Waals surface area contributed by atoms with Crippen LogP contribution in [0, 0.1) is 6.92 Å². The number of hydrogen-bond donors (Lipinski definition) is 0. The molecule has 0 saturated heterocycles. The first kappa shape index (κ1) is 9.58. The van der Waals surface area contributed by atoms with Crippen LogP contribution in [0.1, 0.15) is 21.7 Å². The SMILES string of the molecule is Cc1ccc(Cn2cncc2C=O)cn1. The average Bonchev–Trinajstić information content (AvgIpc) is 2.69. The second-order valence-electron chi connectivity index (χ2n) is 3.37. The summed E-state index contributed by atoms with van der Waals surface area (Å²) >= 11 is 0. The normalized spacial score (nSPS) is 10.2. The second-order valence-corrected chi connectivity index (χ2v) is 3.37. The minimum absolute atomic E-state index is 0.579. The Labute approximate surface area is 87.6 Å². The van der Waals surface area contributed by atoms with E-state index >= 15 is 0 Å². The highest BCUT2D eigenvalue weighted by atomic mass is 16.1. The Hall–Kier alpha value is -1.97. The van der Waals surface area contributed by atoms with Gasteiger partial charge in [-0.25, -0.2) is 4.98 Å². The van der Waals surface area contributed by atoms with Crippen LogP contribution in [-0.4, -0.2) is 20.8 Å². The van der Waals surface area contributed by atoms with Gasteiger partial charge in [-0.15, -0.1) is 0 Å². The monoisotopic (exact) mass is 201 g/mol. The smallest absolute Gasteiger partial charge is 0.168 e. The highest BCUT2D eigenvalue weighted by Gasteiger charge is 2.01. The molecule has 4 heteroatoms. The molecule has 0 amide bonds. The van der Waals surface area contributed by atoms with Gasteiger partial charge in [-0.05, 0) is 18.6 Å². The zero-order valence-corrected chi connectivity index (χ0v) is 8.42. The number of imidazole rings is 1. The molecule has 0 aliphatic rings. The summed E-state index contributed by atoms with van der Waals surface area (Å²) in [7, 11) is 0. The van der Waals surface area contributed by atoms with Gasteiger partial charge in [-0.2, -0.15) is 0 Å². The molecule has 76 valence electrons. The number of hydrogen-bond acceptors (Lipinski definition) is 3. The fourth-order valence-electron chi connectivity index (χ4n) is 1.35. The lowest BCUT2D eigenvalue weighted by Crippen LogP contribution is -2.02. The number of aryl methyl sites for hydroxylation is 1. The topological polar surface area (TPSA) is 47.8 Å². The maximum Gasteiger partial charge on any atom is 0.168 e. The lowest BCUT2D eigenvalue weighted by atomic mass is 10.2. The van der Waals surface area contributed by atoms with E-state index in [0.717, 1.165) is 17.5 Å². The molecule has 0 saturated carbocycles. The Bertz CT molecular complexity index is 459. The highest BCUT2D eigenvalue weighted by Crippen LogP contribution is 2.04. The summed E-state index contributed by atoms with van der Waals surface area (Å²) in [5.74, 6) is 0. The standard InChI is InChI=1S/C11H11N3O/c1-9-2-3-10(4-13-9)6-14-8-12-5-11(14)7-15/h2-5,7-8H,6H2,1H3. The number of aldehydes is 1. The predicted octanol–water partition coefficient (Wildman–Crippen LogP) is 1.45. The third kappa shape index (κ3) is 2.10. The van der Waals surface area contributed by atoms with Crippen molar-refractivity contribution >= 4 is 6.29 Å². The van der Waals surface area contributed by atoms with Crippen molar-refractivity contribution in [3.63, 3.8) is 0 Å². The van der Waals surface area contributed by atoms with Crippen molar-refractivity contribution in [3.05, 3.63) is 47.8 Å². The zero-order valence-electron chi connectivity index (χ0n) is 8.42. The van der Waals surface area contributed by atoms with E-state index in [9.17, 15) is 4.79 Å². The number of pyridine rings is 1. The Morgan fingerprint density at radius 1 is 1.40 bits per heavy atom. The summed E-state index contributed by atoms with van der Waals surface area (Å²) in [6.07, 6.45) is 5.80. The summed E-state index contributed by atoms with van der Waals surface area (Å²) in [6.45, 7) is 2.57. The molecule has 0 N–H and O–H groups in total. The van der Waals surface area contributed by atoms with E-state index in [1.54, 1.807) is 17.1 Å². The number of aromatic nitrogens is 3. The van der Waals surface area contributed by atoms with Gasteiger partial charge in [0.2, 0.25) is 0 Å². The number of carbonyl (C=O) groups excluding carboxylic acids is 1. The van der Waals surface area contributed by atoms with E-state index in [0.29, 0.717) is 12.2 Å². The molecule has 0 spiro atoms. The van der Waals surface area contributed by atoms with Gasteiger partial charge in [-0.3, -0.25) is 9.78 Å². The van der Waals surface area contributed by atoms with E-state index in [1.165, 1.54) is 0 Å². The average molecular weight is 201 g/mol. The molecular weight excluding hydrogens is 190 g/mol. The molecule has 0 aliphatic heterocycles. The van der Waals surface area contributed by atoms with Gasteiger partial charge < -0.3 is 4.57 Å². The van der Waals surface area contributed by atoms with Gasteiger partial charge in [0.05, 0.1) is 19.1 Å². The van der Waals surface area contributed by atoms with Crippen molar-refractivity contribution in [2.75, 3.05) is 0 Å². The third-order valence-corrected chi connectivity index (χ3v) is 2.19. The van der Waals surface area contributed by atoms with Gasteiger partial charge >= 0.3 is 0 Å². The highest BCUT2D eigenvalue weighted by molar-refractivity contribution is 5.71. The van der Waals surface area contributed by atoms with Crippen molar-refractivity contribution in [3.8, 4) is 0 Å². The van der Waals surface area contributed by atoms with Gasteiger partial charge in [0.25, 0.3) is 0 Å². The molecule has 0 bridgehead atoms. The molecule has 0 aliphatic carbocycles. The van der Waals surface area contributed by atoms with Crippen molar-refractivity contribution < 1.29 is 4.79 Å². The molecule has 2 aromatic rings. The number of nitrogens with zero attached hydrogens (tertiary/aromatic N) is 3. The van der Waals surface area contributed by atoms with Gasteiger partial charge in [0, 0.05) is 11.9 Å². The van der Waals surface area contributed by atoms with E-state index < -0.39 is 0 Å². The summed E-state index contributed by atoms with van der Waals surface area (Å²) < 4.78 is 1.79. The first-order valence-corrected chi connectivity index (χ1v) is 4.66. The van der Waals surface area contributed by atoms with Crippen molar-refractivity contribution in [1.29, 1.82) is 0 Å². The lowest BCUT2D eigenvalue weighted by Gasteiger charge is -2.04. The van der Waals surface area contributed by atoms with E-state index in [2.05, 4.69) is 9.97 Å². The number of carbonyl (C=O) groups is 1. The fourth-order valence-corrected chi connectivity index (χ4v) is 1.35. The second kappa shape index (κ2) is 4.04. The molecular formula is C11H11N3O. The quantitative estimate of drug-likeness (QED) is 0.706. The van der Waals surface area contributed by atoms with Gasteiger partial charge in [0.1, 0.15) is 5.69 Å². The molecule has 0 atom stereocenters. The first-order chi connectivity index (χ1) is 7.29. The van der Waals surface area contributed by atoms with Gasteiger partial charge in [-0.1, -0.05) is 6.07 Å². The van der Waals surface area contributed by atoms with Crippen LogP contribution in [0.5, 0.6) is 0 Å². The zero-order chi connectivity index (χ0) is 10.7. The molecule has 0 unspecified atom stereocenters. The predicted molar refractivity (Wildman–Crippen MR) is 55.7 cm³/mol. The molecule has 0 radical (unpaired) electrons. The maximum absolute atomic E-state index is 10.7. The van der Waals surface area contributed by atoms with Crippen LogP contribution in [0.4, 0.5) is 0 Å². The fraction of sp³-hybridized carbons (Fsp3) is 0.182. The van der Waals surface area contributed by atoms with Crippen molar-refractivity contribution in [2.45, 2.75) is 13.5 Å². The Kier molecular flexibility index (Phi) is 2.58. The number of rotatable bonds is 3. The van der Waals surface area contributed by atoms with E-state index in [-0.39, 0.29) is 0 Å². The minimum Gasteiger partial charge on any atom is -0.324 e. The molecule has 2 rings (SSSR count). The summed E-state index contributed by atoms with van der Waals surface area (Å²) in [4.78, 5) is 18.8. The van der Waals surface area contributed by atoms with Crippen LogP contribution in [0.25, 0.3) is 0 Å². The maximum atomic E-state index is 10.7. The Balaban J connectivity index is 2.21. The van der Waals surface area contributed by atoms with Crippen LogP contribution in [0.3, 0.4) is 0 Å². The van der Waals surface area contributed by atoms with Crippen LogP contribution in [0.15, 0.2) is 30.9 Å². The van der Waals surface area contributed by atoms with Crippen molar-refractivity contribution in [2.24, 2.45) is 0 Å². The minimum atomic E-state index is 0.579. The van der Waals surface area contributed by atoms with E-state index in [1.807, 2.05) is 25.3 Å². The third-order valence-electron chi connectivity index (χ3n) is 2.19.